The lowest BCUT2D eigenvalue weighted by Crippen LogP contribution is -2.38. The van der Waals surface area contributed by atoms with Crippen LogP contribution in [0.25, 0.3) is 0 Å². The van der Waals surface area contributed by atoms with Gasteiger partial charge in [0, 0.05) is 31.0 Å². The number of carbonyl (C=O) groups excluding carboxylic acids is 1. The van der Waals surface area contributed by atoms with Crippen LogP contribution in [0.4, 0.5) is 5.69 Å². The molecule has 0 fully saturated rings. The fraction of sp³-hybridized carbons (Fsp3) is 0.238. The number of rotatable bonds is 7. The van der Waals surface area contributed by atoms with Gasteiger partial charge in [-0.1, -0.05) is 48.5 Å². The van der Waals surface area contributed by atoms with Gasteiger partial charge >= 0.3 is 0 Å². The summed E-state index contributed by atoms with van der Waals surface area (Å²) in [6.07, 6.45) is 3.81. The van der Waals surface area contributed by atoms with Crippen molar-refractivity contribution in [2.24, 2.45) is 7.05 Å². The summed E-state index contributed by atoms with van der Waals surface area (Å²) in [5.41, 5.74) is 3.12. The van der Waals surface area contributed by atoms with E-state index in [1.165, 1.54) is 0 Å². The summed E-state index contributed by atoms with van der Waals surface area (Å²) in [7, 11) is 3.85. The Morgan fingerprint density at radius 1 is 0.962 bits per heavy atom. The Balaban J connectivity index is 1.72. The van der Waals surface area contributed by atoms with Gasteiger partial charge in [-0.05, 0) is 24.7 Å². The highest BCUT2D eigenvalue weighted by molar-refractivity contribution is 5.94. The van der Waals surface area contributed by atoms with Crippen LogP contribution in [0, 0.1) is 0 Å². The summed E-state index contributed by atoms with van der Waals surface area (Å²) in [4.78, 5) is 16.9. The lowest BCUT2D eigenvalue weighted by Gasteiger charge is -2.25. The Hall–Kier alpha value is -2.92. The Morgan fingerprint density at radius 2 is 1.62 bits per heavy atom. The van der Waals surface area contributed by atoms with E-state index in [1.807, 2.05) is 97.0 Å². The highest BCUT2D eigenvalue weighted by Gasteiger charge is 2.18. The first-order valence-electron chi connectivity index (χ1n) is 8.67. The fourth-order valence-corrected chi connectivity index (χ4v) is 2.93. The number of hydrogen-bond acceptors (Lipinski definition) is 3. The van der Waals surface area contributed by atoms with Crippen molar-refractivity contribution >= 4 is 11.6 Å². The maximum absolute atomic E-state index is 13.0. The third-order valence-corrected chi connectivity index (χ3v) is 4.17. The van der Waals surface area contributed by atoms with Gasteiger partial charge in [-0.2, -0.15) is 5.10 Å². The molecule has 2 aromatic carbocycles. The van der Waals surface area contributed by atoms with E-state index in [9.17, 15) is 4.79 Å². The molecule has 3 aromatic rings. The molecule has 0 N–H and O–H groups in total. The van der Waals surface area contributed by atoms with E-state index in [4.69, 9.17) is 0 Å². The molecule has 26 heavy (non-hydrogen) atoms. The van der Waals surface area contributed by atoms with E-state index < -0.39 is 0 Å². The molecule has 3 rings (SSSR count). The molecule has 134 valence electrons. The molecule has 0 unspecified atom stereocenters. The van der Waals surface area contributed by atoms with Gasteiger partial charge in [0.05, 0.1) is 19.3 Å². The van der Waals surface area contributed by atoms with Gasteiger partial charge < -0.3 is 4.90 Å². The van der Waals surface area contributed by atoms with Crippen molar-refractivity contribution in [3.05, 3.63) is 84.2 Å². The third-order valence-electron chi connectivity index (χ3n) is 4.17. The van der Waals surface area contributed by atoms with Gasteiger partial charge in [-0.3, -0.25) is 14.4 Å². The van der Waals surface area contributed by atoms with Crippen LogP contribution in [-0.4, -0.2) is 34.2 Å². The molecule has 0 bridgehead atoms. The molecule has 0 aliphatic rings. The number of para-hydroxylation sites is 1. The fourth-order valence-electron chi connectivity index (χ4n) is 2.93. The van der Waals surface area contributed by atoms with E-state index in [0.717, 1.165) is 16.8 Å². The number of aromatic nitrogens is 2. The average Bonchev–Trinajstić information content (AvgIpc) is 3.05. The number of aryl methyl sites for hydroxylation is 1. The van der Waals surface area contributed by atoms with Crippen molar-refractivity contribution < 1.29 is 4.79 Å². The Morgan fingerprint density at radius 3 is 2.23 bits per heavy atom. The van der Waals surface area contributed by atoms with Crippen LogP contribution in [-0.2, 0) is 24.9 Å². The lowest BCUT2D eigenvalue weighted by molar-refractivity contribution is -0.119. The SMILES string of the molecule is CN(CC(=O)N(Cc1ccccc1)c1ccccc1)Cc1cnn(C)c1. The third kappa shape index (κ3) is 4.80. The Labute approximate surface area is 154 Å². The minimum Gasteiger partial charge on any atom is -0.307 e. The number of anilines is 1. The van der Waals surface area contributed by atoms with Crippen molar-refractivity contribution in [2.75, 3.05) is 18.5 Å². The van der Waals surface area contributed by atoms with E-state index in [-0.39, 0.29) is 5.91 Å². The van der Waals surface area contributed by atoms with E-state index in [2.05, 4.69) is 5.10 Å². The van der Waals surface area contributed by atoms with Crippen LogP contribution < -0.4 is 4.90 Å². The molecular formula is C21H24N4O. The van der Waals surface area contributed by atoms with Crippen LogP contribution >= 0.6 is 0 Å². The molecule has 0 saturated carbocycles. The van der Waals surface area contributed by atoms with Crippen LogP contribution in [0.5, 0.6) is 0 Å². The molecular weight excluding hydrogens is 324 g/mol. The maximum atomic E-state index is 13.0. The monoisotopic (exact) mass is 348 g/mol. The van der Waals surface area contributed by atoms with Gasteiger partial charge in [0.25, 0.3) is 0 Å². The molecule has 1 amide bonds. The number of amides is 1. The molecule has 1 aromatic heterocycles. The van der Waals surface area contributed by atoms with Crippen LogP contribution in [0.1, 0.15) is 11.1 Å². The summed E-state index contributed by atoms with van der Waals surface area (Å²) >= 11 is 0. The average molecular weight is 348 g/mol. The predicted molar refractivity (Wildman–Crippen MR) is 104 cm³/mol. The molecule has 1 heterocycles. The normalized spacial score (nSPS) is 10.9. The second-order valence-corrected chi connectivity index (χ2v) is 6.50. The van der Waals surface area contributed by atoms with Gasteiger partial charge in [0.15, 0.2) is 0 Å². The van der Waals surface area contributed by atoms with Gasteiger partial charge in [-0.25, -0.2) is 0 Å². The summed E-state index contributed by atoms with van der Waals surface area (Å²) < 4.78 is 1.77. The first kappa shape index (κ1) is 17.9. The first-order chi connectivity index (χ1) is 12.6. The van der Waals surface area contributed by atoms with E-state index in [1.54, 1.807) is 4.68 Å². The lowest BCUT2D eigenvalue weighted by atomic mass is 10.2. The quantitative estimate of drug-likeness (QED) is 0.659. The van der Waals surface area contributed by atoms with Crippen LogP contribution in [0.3, 0.4) is 0 Å². The Bertz CT molecular complexity index is 829. The predicted octanol–water partition coefficient (Wildman–Crippen LogP) is 3.09. The first-order valence-corrected chi connectivity index (χ1v) is 8.67. The zero-order valence-corrected chi connectivity index (χ0v) is 15.2. The second kappa shape index (κ2) is 8.45. The minimum atomic E-state index is 0.0754. The van der Waals surface area contributed by atoms with Crippen LogP contribution in [0.2, 0.25) is 0 Å². The summed E-state index contributed by atoms with van der Waals surface area (Å²) in [5.74, 6) is 0.0754. The van der Waals surface area contributed by atoms with Crippen molar-refractivity contribution in [2.45, 2.75) is 13.1 Å². The van der Waals surface area contributed by atoms with E-state index in [0.29, 0.717) is 19.6 Å². The van der Waals surface area contributed by atoms with Gasteiger partial charge in [0.2, 0.25) is 5.91 Å². The Kier molecular flexibility index (Phi) is 5.81. The number of benzene rings is 2. The summed E-state index contributed by atoms with van der Waals surface area (Å²) in [5, 5.41) is 4.18. The largest absolute Gasteiger partial charge is 0.307 e. The molecule has 0 aliphatic heterocycles. The highest BCUT2D eigenvalue weighted by Crippen LogP contribution is 2.17. The minimum absolute atomic E-state index is 0.0754. The van der Waals surface area contributed by atoms with Crippen molar-refractivity contribution in [1.82, 2.24) is 14.7 Å². The number of carbonyl (C=O) groups is 1. The van der Waals surface area contributed by atoms with Crippen molar-refractivity contribution in [3.63, 3.8) is 0 Å². The second-order valence-electron chi connectivity index (χ2n) is 6.50. The molecule has 0 aliphatic carbocycles. The molecule has 0 spiro atoms. The molecule has 5 nitrogen and oxygen atoms in total. The number of nitrogens with zero attached hydrogens (tertiary/aromatic N) is 4. The zero-order valence-electron chi connectivity index (χ0n) is 15.2. The maximum Gasteiger partial charge on any atom is 0.241 e. The number of hydrogen-bond donors (Lipinski definition) is 0. The topological polar surface area (TPSA) is 41.4 Å². The van der Waals surface area contributed by atoms with Crippen LogP contribution in [0.15, 0.2) is 73.1 Å². The highest BCUT2D eigenvalue weighted by atomic mass is 16.2. The summed E-state index contributed by atoms with van der Waals surface area (Å²) in [6.45, 7) is 1.59. The summed E-state index contributed by atoms with van der Waals surface area (Å²) in [6, 6.07) is 19.9. The number of likely N-dealkylation sites (N-methyl/N-ethyl adjacent to an activating group) is 1. The molecule has 0 atom stereocenters. The molecule has 0 saturated heterocycles. The van der Waals surface area contributed by atoms with E-state index >= 15 is 0 Å². The standard InChI is InChI=1S/C21H24N4O/c1-23(14-19-13-22-24(2)15-19)17-21(26)25(20-11-7-4-8-12-20)16-18-9-5-3-6-10-18/h3-13,15H,14,16-17H2,1-2H3. The molecule has 5 heteroatoms. The smallest absolute Gasteiger partial charge is 0.241 e. The van der Waals surface area contributed by atoms with Gasteiger partial charge in [0.1, 0.15) is 0 Å². The van der Waals surface area contributed by atoms with Gasteiger partial charge in [-0.15, -0.1) is 0 Å². The van der Waals surface area contributed by atoms with Crippen molar-refractivity contribution in [1.29, 1.82) is 0 Å². The zero-order chi connectivity index (χ0) is 18.4. The van der Waals surface area contributed by atoms with Crippen molar-refractivity contribution in [3.8, 4) is 0 Å². The molecule has 0 radical (unpaired) electrons.